The predicted octanol–water partition coefficient (Wildman–Crippen LogP) is 4.05. The minimum atomic E-state index is -4.54. The summed E-state index contributed by atoms with van der Waals surface area (Å²) in [4.78, 5) is 26.7. The molecule has 10 heteroatoms. The average molecular weight is 437 g/mol. The summed E-state index contributed by atoms with van der Waals surface area (Å²) in [6, 6.07) is 3.95. The lowest BCUT2D eigenvalue weighted by molar-refractivity contribution is -0.140. The number of nitrogens with zero attached hydrogens (tertiary/aromatic N) is 3. The number of carbonyl (C=O) groups is 2. The molecule has 0 atom stereocenters. The molecule has 0 aliphatic carbocycles. The van der Waals surface area contributed by atoms with E-state index in [1.165, 1.54) is 16.9 Å². The molecule has 0 spiro atoms. The molecule has 2 N–H and O–H groups in total. The van der Waals surface area contributed by atoms with Gasteiger partial charge in [-0.15, -0.1) is 0 Å². The molecule has 0 unspecified atom stereocenters. The number of hydrogen-bond donors (Lipinski definition) is 2. The van der Waals surface area contributed by atoms with Gasteiger partial charge >= 0.3 is 12.2 Å². The molecule has 7 nitrogen and oxygen atoms in total. The van der Waals surface area contributed by atoms with Crippen LogP contribution in [0.2, 0.25) is 0 Å². The molecule has 0 bridgehead atoms. The molecule has 3 rings (SSSR count). The third-order valence-electron chi connectivity index (χ3n) is 5.08. The molecule has 0 saturated carbocycles. The van der Waals surface area contributed by atoms with E-state index in [9.17, 15) is 22.8 Å². The van der Waals surface area contributed by atoms with Crippen LogP contribution < -0.4 is 10.6 Å². The van der Waals surface area contributed by atoms with Crippen LogP contribution in [0.3, 0.4) is 0 Å². The topological polar surface area (TPSA) is 79.3 Å². The van der Waals surface area contributed by atoms with Crippen molar-refractivity contribution in [3.63, 3.8) is 0 Å². The Balaban J connectivity index is 1.67. The van der Waals surface area contributed by atoms with Gasteiger partial charge in [0, 0.05) is 36.9 Å². The van der Waals surface area contributed by atoms with E-state index in [0.717, 1.165) is 12.1 Å². The first-order valence-electron chi connectivity index (χ1n) is 10.0. The van der Waals surface area contributed by atoms with Crippen LogP contribution in [0.15, 0.2) is 36.7 Å². The number of benzene rings is 1. The predicted molar refractivity (Wildman–Crippen MR) is 110 cm³/mol. The summed E-state index contributed by atoms with van der Waals surface area (Å²) in [5.74, 6) is 0.0585. The summed E-state index contributed by atoms with van der Waals surface area (Å²) >= 11 is 0. The van der Waals surface area contributed by atoms with E-state index >= 15 is 0 Å². The SMILES string of the molecule is CC(C)(C)C(=O)N1CCC(NC(=O)Nc2cc(C(F)(F)F)ccc2-n2cccn2)CC1. The van der Waals surface area contributed by atoms with E-state index in [1.807, 2.05) is 20.8 Å². The largest absolute Gasteiger partial charge is 0.416 e. The number of carbonyl (C=O) groups excluding carboxylic acids is 2. The number of alkyl halides is 3. The van der Waals surface area contributed by atoms with Gasteiger partial charge in [0.05, 0.1) is 16.9 Å². The first-order chi connectivity index (χ1) is 14.4. The third-order valence-corrected chi connectivity index (χ3v) is 5.08. The number of halogens is 3. The molecule has 2 aromatic rings. The standard InChI is InChI=1S/C21H26F3N5O2/c1-20(2,3)18(30)28-11-7-15(8-12-28)26-19(31)27-16-13-14(21(22,23)24)5-6-17(16)29-10-4-9-25-29/h4-6,9-10,13,15H,7-8,11-12H2,1-3H3,(H2,26,27,31). The molecule has 31 heavy (non-hydrogen) atoms. The Labute approximate surface area is 178 Å². The summed E-state index contributed by atoms with van der Waals surface area (Å²) in [6.07, 6.45) is -0.322. The number of hydrogen-bond acceptors (Lipinski definition) is 3. The van der Waals surface area contributed by atoms with Gasteiger partial charge < -0.3 is 15.5 Å². The fourth-order valence-electron chi connectivity index (χ4n) is 3.47. The van der Waals surface area contributed by atoms with Crippen LogP contribution in [-0.4, -0.2) is 45.8 Å². The van der Waals surface area contributed by atoms with Crippen molar-refractivity contribution in [1.29, 1.82) is 0 Å². The number of likely N-dealkylation sites (tertiary alicyclic amines) is 1. The first-order valence-corrected chi connectivity index (χ1v) is 10.0. The highest BCUT2D eigenvalue weighted by Crippen LogP contribution is 2.33. The Morgan fingerprint density at radius 1 is 1.13 bits per heavy atom. The lowest BCUT2D eigenvalue weighted by Crippen LogP contribution is -2.50. The van der Waals surface area contributed by atoms with Crippen molar-refractivity contribution in [3.8, 4) is 5.69 Å². The molecule has 168 valence electrons. The van der Waals surface area contributed by atoms with Gasteiger partial charge in [-0.25, -0.2) is 9.48 Å². The molecule has 1 aromatic heterocycles. The number of aromatic nitrogens is 2. The maximum Gasteiger partial charge on any atom is 0.416 e. The van der Waals surface area contributed by atoms with Gasteiger partial charge in [-0.1, -0.05) is 20.8 Å². The van der Waals surface area contributed by atoms with Crippen LogP contribution in [-0.2, 0) is 11.0 Å². The minimum Gasteiger partial charge on any atom is -0.342 e. The normalized spacial score (nSPS) is 15.6. The van der Waals surface area contributed by atoms with Crippen molar-refractivity contribution >= 4 is 17.6 Å². The zero-order valence-electron chi connectivity index (χ0n) is 17.7. The zero-order valence-corrected chi connectivity index (χ0v) is 17.7. The van der Waals surface area contributed by atoms with Gasteiger partial charge in [0.1, 0.15) is 0 Å². The van der Waals surface area contributed by atoms with Crippen LogP contribution in [0.5, 0.6) is 0 Å². The molecule has 1 fully saturated rings. The molecule has 0 radical (unpaired) electrons. The van der Waals surface area contributed by atoms with Crippen LogP contribution in [0.4, 0.5) is 23.7 Å². The quantitative estimate of drug-likeness (QED) is 0.760. The summed E-state index contributed by atoms with van der Waals surface area (Å²) in [7, 11) is 0. The van der Waals surface area contributed by atoms with Crippen LogP contribution in [0.1, 0.15) is 39.2 Å². The van der Waals surface area contributed by atoms with Gasteiger partial charge in [0.25, 0.3) is 0 Å². The van der Waals surface area contributed by atoms with Crippen molar-refractivity contribution in [2.75, 3.05) is 18.4 Å². The Morgan fingerprint density at radius 3 is 2.35 bits per heavy atom. The number of piperidine rings is 1. The fourth-order valence-corrected chi connectivity index (χ4v) is 3.47. The van der Waals surface area contributed by atoms with Gasteiger partial charge in [-0.2, -0.15) is 18.3 Å². The number of rotatable bonds is 3. The van der Waals surface area contributed by atoms with Crippen LogP contribution in [0.25, 0.3) is 5.69 Å². The second-order valence-electron chi connectivity index (χ2n) is 8.60. The molecule has 1 aliphatic rings. The zero-order chi connectivity index (χ0) is 22.8. The smallest absolute Gasteiger partial charge is 0.342 e. The van der Waals surface area contributed by atoms with Crippen molar-refractivity contribution in [2.24, 2.45) is 5.41 Å². The summed E-state index contributed by atoms with van der Waals surface area (Å²) < 4.78 is 40.8. The van der Waals surface area contributed by atoms with E-state index in [2.05, 4.69) is 15.7 Å². The monoisotopic (exact) mass is 437 g/mol. The molecule has 1 aliphatic heterocycles. The van der Waals surface area contributed by atoms with Gasteiger partial charge in [-0.3, -0.25) is 4.79 Å². The third kappa shape index (κ3) is 5.56. The lowest BCUT2D eigenvalue weighted by Gasteiger charge is -2.36. The average Bonchev–Trinajstić information content (AvgIpc) is 3.21. The Kier molecular flexibility index (Phi) is 6.28. The minimum absolute atomic E-state index is 0.00336. The van der Waals surface area contributed by atoms with E-state index in [1.54, 1.807) is 17.2 Å². The highest BCUT2D eigenvalue weighted by Gasteiger charge is 2.32. The number of urea groups is 1. The van der Waals surface area contributed by atoms with E-state index in [4.69, 9.17) is 0 Å². The number of amides is 3. The molecule has 1 saturated heterocycles. The van der Waals surface area contributed by atoms with E-state index < -0.39 is 23.2 Å². The molecule has 3 amide bonds. The highest BCUT2D eigenvalue weighted by atomic mass is 19.4. The summed E-state index contributed by atoms with van der Waals surface area (Å²) in [5.41, 5.74) is -1.02. The van der Waals surface area contributed by atoms with Crippen molar-refractivity contribution in [1.82, 2.24) is 20.0 Å². The van der Waals surface area contributed by atoms with Gasteiger partial charge in [0.2, 0.25) is 5.91 Å². The highest BCUT2D eigenvalue weighted by molar-refractivity contribution is 5.92. The Morgan fingerprint density at radius 2 is 1.81 bits per heavy atom. The first kappa shape index (κ1) is 22.6. The second kappa shape index (κ2) is 8.60. The Bertz CT molecular complexity index is 927. The summed E-state index contributed by atoms with van der Waals surface area (Å²) in [5, 5.41) is 9.36. The number of anilines is 1. The molecule has 1 aromatic carbocycles. The second-order valence-corrected chi connectivity index (χ2v) is 8.60. The van der Waals surface area contributed by atoms with Gasteiger partial charge in [0.15, 0.2) is 0 Å². The lowest BCUT2D eigenvalue weighted by atomic mass is 9.93. The fraction of sp³-hybridized carbons (Fsp3) is 0.476. The maximum atomic E-state index is 13.2. The molecular weight excluding hydrogens is 411 g/mol. The van der Waals surface area contributed by atoms with E-state index in [0.29, 0.717) is 31.6 Å². The Hall–Kier alpha value is -3.04. The summed E-state index contributed by atoms with van der Waals surface area (Å²) in [6.45, 7) is 6.62. The van der Waals surface area contributed by atoms with E-state index in [-0.39, 0.29) is 17.6 Å². The van der Waals surface area contributed by atoms with Crippen molar-refractivity contribution in [2.45, 2.75) is 45.8 Å². The van der Waals surface area contributed by atoms with Crippen molar-refractivity contribution < 1.29 is 22.8 Å². The molecule has 2 heterocycles. The van der Waals surface area contributed by atoms with Crippen LogP contribution in [0, 0.1) is 5.41 Å². The molecular formula is C21H26F3N5O2. The van der Waals surface area contributed by atoms with Gasteiger partial charge in [-0.05, 0) is 37.1 Å². The number of nitrogens with one attached hydrogen (secondary N) is 2. The van der Waals surface area contributed by atoms with Crippen molar-refractivity contribution in [3.05, 3.63) is 42.2 Å². The maximum absolute atomic E-state index is 13.2. The van der Waals surface area contributed by atoms with Crippen LogP contribution >= 0.6 is 0 Å².